The molecule has 8 nitrogen and oxygen atoms in total. The third-order valence-corrected chi connectivity index (χ3v) is 10.2. The van der Waals surface area contributed by atoms with Gasteiger partial charge in [-0.3, -0.25) is 9.36 Å². The highest BCUT2D eigenvalue weighted by Crippen LogP contribution is 2.49. The SMILES string of the molecule is C.CCS(=O)(=O)CCN(C(=O)Cc1ccc(F)c(C(F)(F)F)c1)[C@H](C)c1nc(C2CC2)c(C(O)C2CC2)n1-c1ccc(C#N)cc1. The highest BCUT2D eigenvalue weighted by molar-refractivity contribution is 7.91. The quantitative estimate of drug-likeness (QED) is 0.224. The number of nitrogens with zero attached hydrogens (tertiary/aromatic N) is 4. The van der Waals surface area contributed by atoms with Crippen molar-refractivity contribution in [3.8, 4) is 11.8 Å². The number of sulfone groups is 1. The second kappa shape index (κ2) is 13.5. The highest BCUT2D eigenvalue weighted by atomic mass is 32.2. The monoisotopic (exact) mass is 662 g/mol. The molecule has 13 heteroatoms. The summed E-state index contributed by atoms with van der Waals surface area (Å²) in [5, 5.41) is 20.8. The van der Waals surface area contributed by atoms with Gasteiger partial charge >= 0.3 is 6.18 Å². The van der Waals surface area contributed by atoms with Gasteiger partial charge in [0.2, 0.25) is 5.91 Å². The molecule has 1 unspecified atom stereocenters. The van der Waals surface area contributed by atoms with Crippen LogP contribution < -0.4 is 0 Å². The Kier molecular flexibility index (Phi) is 10.3. The summed E-state index contributed by atoms with van der Waals surface area (Å²) in [7, 11) is -3.55. The van der Waals surface area contributed by atoms with Crippen LogP contribution in [0.4, 0.5) is 17.6 Å². The number of aromatic nitrogens is 2. The number of carbonyl (C=O) groups is 1. The molecule has 0 spiro atoms. The summed E-state index contributed by atoms with van der Waals surface area (Å²) in [6.45, 7) is 2.88. The molecule has 3 aromatic rings. The number of imidazole rings is 1. The minimum atomic E-state index is -4.96. The number of aliphatic hydroxyl groups excluding tert-OH is 1. The number of rotatable bonds is 12. The van der Waals surface area contributed by atoms with Crippen molar-refractivity contribution in [1.82, 2.24) is 14.5 Å². The molecule has 0 aliphatic heterocycles. The van der Waals surface area contributed by atoms with Crippen LogP contribution in [0.15, 0.2) is 42.5 Å². The second-order valence-electron chi connectivity index (χ2n) is 11.8. The van der Waals surface area contributed by atoms with E-state index in [-0.39, 0.29) is 42.9 Å². The number of amides is 1. The van der Waals surface area contributed by atoms with Crippen LogP contribution in [0, 0.1) is 23.1 Å². The Morgan fingerprint density at radius 2 is 1.80 bits per heavy atom. The Hall–Kier alpha value is -3.76. The van der Waals surface area contributed by atoms with Crippen LogP contribution in [0.5, 0.6) is 0 Å². The Balaban J connectivity index is 0.00000480. The summed E-state index contributed by atoms with van der Waals surface area (Å²) < 4.78 is 81.0. The molecular weight excluding hydrogens is 624 g/mol. The first-order chi connectivity index (χ1) is 21.2. The molecule has 2 aromatic carbocycles. The van der Waals surface area contributed by atoms with Crippen LogP contribution in [0.3, 0.4) is 0 Å². The third kappa shape index (κ3) is 7.61. The number of benzene rings is 2. The van der Waals surface area contributed by atoms with E-state index in [0.717, 1.165) is 31.7 Å². The van der Waals surface area contributed by atoms with Gasteiger partial charge in [-0.1, -0.05) is 20.4 Å². The molecule has 5 rings (SSSR count). The summed E-state index contributed by atoms with van der Waals surface area (Å²) in [6.07, 6.45) is -2.93. The zero-order valence-electron chi connectivity index (χ0n) is 24.9. The number of hydrogen-bond acceptors (Lipinski definition) is 6. The van der Waals surface area contributed by atoms with Gasteiger partial charge in [0.1, 0.15) is 11.6 Å². The number of aliphatic hydroxyl groups is 1. The maximum atomic E-state index is 14.0. The lowest BCUT2D eigenvalue weighted by Gasteiger charge is -2.30. The molecule has 0 radical (unpaired) electrons. The van der Waals surface area contributed by atoms with Crippen molar-refractivity contribution in [2.24, 2.45) is 5.92 Å². The normalized spacial score (nSPS) is 16.3. The van der Waals surface area contributed by atoms with Gasteiger partial charge in [0.15, 0.2) is 9.84 Å². The number of carbonyl (C=O) groups excluding carboxylic acids is 1. The summed E-state index contributed by atoms with van der Waals surface area (Å²) in [6, 6.07) is 10.2. The zero-order chi connectivity index (χ0) is 32.7. The van der Waals surface area contributed by atoms with Crippen molar-refractivity contribution in [2.75, 3.05) is 18.1 Å². The number of nitriles is 1. The predicted molar refractivity (Wildman–Crippen MR) is 164 cm³/mol. The van der Waals surface area contributed by atoms with E-state index in [2.05, 4.69) is 6.07 Å². The predicted octanol–water partition coefficient (Wildman–Crippen LogP) is 6.43. The van der Waals surface area contributed by atoms with E-state index in [0.29, 0.717) is 40.6 Å². The molecule has 248 valence electrons. The van der Waals surface area contributed by atoms with E-state index in [1.807, 2.05) is 0 Å². The average Bonchev–Trinajstić information content (AvgIpc) is 3.94. The highest BCUT2D eigenvalue weighted by Gasteiger charge is 2.41. The third-order valence-electron chi connectivity index (χ3n) is 8.47. The lowest BCUT2D eigenvalue weighted by molar-refractivity contribution is -0.140. The Labute approximate surface area is 266 Å². The fourth-order valence-electron chi connectivity index (χ4n) is 5.51. The standard InChI is InChI=1S/C32H34F4N4O4S.CH4/c1-3-45(43,44)15-14-39(27(41)17-21-6-13-26(33)25(16-21)32(34,35)36)19(2)31-38-28(22-7-8-22)29(30(42)23-9-10-23)40(31)24-11-4-20(18-37)5-12-24;/h4-6,11-13,16,19,22-23,30,42H,3,7-10,14-15,17H2,1-2H3;1H4/t19-,30?;/m1./s1. The van der Waals surface area contributed by atoms with Crippen molar-refractivity contribution in [3.05, 3.63) is 82.2 Å². The van der Waals surface area contributed by atoms with Crippen LogP contribution >= 0.6 is 0 Å². The van der Waals surface area contributed by atoms with Crippen molar-refractivity contribution in [2.45, 2.75) is 77.6 Å². The van der Waals surface area contributed by atoms with E-state index in [1.165, 1.54) is 11.8 Å². The maximum absolute atomic E-state index is 14.0. The molecule has 1 amide bonds. The van der Waals surface area contributed by atoms with E-state index in [9.17, 15) is 41.1 Å². The lowest BCUT2D eigenvalue weighted by atomic mass is 10.1. The lowest BCUT2D eigenvalue weighted by Crippen LogP contribution is -2.39. The largest absolute Gasteiger partial charge is 0.419 e. The first kappa shape index (κ1) is 35.1. The molecule has 46 heavy (non-hydrogen) atoms. The van der Waals surface area contributed by atoms with Crippen LogP contribution in [-0.4, -0.2) is 51.9 Å². The van der Waals surface area contributed by atoms with Crippen LogP contribution in [0.25, 0.3) is 5.69 Å². The van der Waals surface area contributed by atoms with Crippen molar-refractivity contribution >= 4 is 15.7 Å². The van der Waals surface area contributed by atoms with Gasteiger partial charge in [0.25, 0.3) is 0 Å². The summed E-state index contributed by atoms with van der Waals surface area (Å²) in [5.74, 6) is -2.19. The average molecular weight is 663 g/mol. The van der Waals surface area contributed by atoms with Gasteiger partial charge in [-0.2, -0.15) is 18.4 Å². The minimum absolute atomic E-state index is 0. The Bertz CT molecular complexity index is 1720. The molecule has 2 aliphatic carbocycles. The van der Waals surface area contributed by atoms with Crippen LogP contribution in [-0.2, 0) is 27.2 Å². The topological polar surface area (TPSA) is 116 Å². The fourth-order valence-corrected chi connectivity index (χ4v) is 6.28. The maximum Gasteiger partial charge on any atom is 0.419 e. The first-order valence-electron chi connectivity index (χ1n) is 14.9. The van der Waals surface area contributed by atoms with E-state index in [1.54, 1.807) is 35.8 Å². The van der Waals surface area contributed by atoms with Crippen molar-refractivity contribution in [1.29, 1.82) is 5.26 Å². The summed E-state index contributed by atoms with van der Waals surface area (Å²) in [5.41, 5.74) is 0.718. The number of alkyl halides is 3. The molecule has 1 N–H and O–H groups in total. The van der Waals surface area contributed by atoms with E-state index >= 15 is 0 Å². The minimum Gasteiger partial charge on any atom is -0.387 e. The van der Waals surface area contributed by atoms with Gasteiger partial charge in [-0.25, -0.2) is 17.8 Å². The first-order valence-corrected chi connectivity index (χ1v) is 16.7. The van der Waals surface area contributed by atoms with Crippen LogP contribution in [0.2, 0.25) is 0 Å². The summed E-state index contributed by atoms with van der Waals surface area (Å²) in [4.78, 5) is 20.1. The van der Waals surface area contributed by atoms with Gasteiger partial charge in [-0.15, -0.1) is 0 Å². The molecule has 2 fully saturated rings. The van der Waals surface area contributed by atoms with Gasteiger partial charge in [-0.05, 0) is 80.5 Å². The summed E-state index contributed by atoms with van der Waals surface area (Å²) >= 11 is 0. The van der Waals surface area contributed by atoms with E-state index in [4.69, 9.17) is 4.98 Å². The van der Waals surface area contributed by atoms with Gasteiger partial charge in [0.05, 0.1) is 52.9 Å². The number of halogens is 4. The molecule has 0 bridgehead atoms. The Morgan fingerprint density at radius 3 is 2.35 bits per heavy atom. The molecule has 0 saturated heterocycles. The van der Waals surface area contributed by atoms with Crippen molar-refractivity contribution < 1.29 is 35.9 Å². The molecule has 2 saturated carbocycles. The molecule has 2 atom stereocenters. The fraction of sp³-hybridized carbons (Fsp3) is 0.485. The van der Waals surface area contributed by atoms with Crippen molar-refractivity contribution in [3.63, 3.8) is 0 Å². The molecule has 1 aromatic heterocycles. The molecule has 1 heterocycles. The van der Waals surface area contributed by atoms with Gasteiger partial charge in [0, 0.05) is 23.9 Å². The second-order valence-corrected chi connectivity index (χ2v) is 14.3. The number of hydrogen-bond donors (Lipinski definition) is 1. The smallest absolute Gasteiger partial charge is 0.387 e. The molecular formula is C33H38F4N4O4S. The van der Waals surface area contributed by atoms with E-state index < -0.39 is 51.9 Å². The molecule has 2 aliphatic rings. The van der Waals surface area contributed by atoms with Crippen LogP contribution in [0.1, 0.15) is 98.9 Å². The Morgan fingerprint density at radius 1 is 1.15 bits per heavy atom. The van der Waals surface area contributed by atoms with Gasteiger partial charge < -0.3 is 10.0 Å². The zero-order valence-corrected chi connectivity index (χ0v) is 25.7.